The number of hydrogen-bond donors (Lipinski definition) is 2. The van der Waals surface area contributed by atoms with Crippen LogP contribution < -0.4 is 16.7 Å². The Bertz CT molecular complexity index is 1320. The van der Waals surface area contributed by atoms with Gasteiger partial charge >= 0.3 is 5.69 Å². The molecule has 45 heavy (non-hydrogen) atoms. The molecule has 3 unspecified atom stereocenters. The van der Waals surface area contributed by atoms with E-state index in [-0.39, 0.29) is 36.3 Å². The molecule has 0 radical (unpaired) electrons. The number of para-hydroxylation sites is 1. The summed E-state index contributed by atoms with van der Waals surface area (Å²) in [6, 6.07) is 6.44. The van der Waals surface area contributed by atoms with Crippen LogP contribution in [-0.4, -0.2) is 103 Å². The van der Waals surface area contributed by atoms with E-state index in [9.17, 15) is 19.2 Å². The lowest BCUT2D eigenvalue weighted by molar-refractivity contribution is -0.132. The van der Waals surface area contributed by atoms with Crippen molar-refractivity contribution in [2.45, 2.75) is 88.3 Å². The summed E-state index contributed by atoms with van der Waals surface area (Å²) >= 11 is 0. The quantitative estimate of drug-likeness (QED) is 0.268. The maximum atomic E-state index is 13.4. The Kier molecular flexibility index (Phi) is 14.4. The van der Waals surface area contributed by atoms with E-state index in [4.69, 9.17) is 9.53 Å². The Hall–Kier alpha value is -3.35. The Labute approximate surface area is 266 Å². The van der Waals surface area contributed by atoms with Gasteiger partial charge in [-0.1, -0.05) is 12.1 Å². The number of carbonyl (C=O) groups excluding carboxylic acids is 4. The minimum Gasteiger partial charge on any atom is -0.380 e. The third-order valence-corrected chi connectivity index (χ3v) is 9.55. The van der Waals surface area contributed by atoms with E-state index in [0.29, 0.717) is 37.7 Å². The van der Waals surface area contributed by atoms with Crippen molar-refractivity contribution in [2.75, 3.05) is 46.9 Å². The summed E-state index contributed by atoms with van der Waals surface area (Å²) in [4.78, 5) is 62.6. The number of carbonyl (C=O) groups is 4. The van der Waals surface area contributed by atoms with Gasteiger partial charge in [-0.25, -0.2) is 4.79 Å². The number of likely N-dealkylation sites (tertiary alicyclic amines) is 1. The predicted molar refractivity (Wildman–Crippen MR) is 174 cm³/mol. The summed E-state index contributed by atoms with van der Waals surface area (Å²) in [7, 11) is 4.78. The third-order valence-electron chi connectivity index (χ3n) is 9.55. The highest BCUT2D eigenvalue weighted by Gasteiger charge is 2.36. The summed E-state index contributed by atoms with van der Waals surface area (Å²) in [6.45, 7) is 6.00. The molecule has 1 aromatic carbocycles. The molecule has 2 aromatic rings. The molecule has 3 N–H and O–H groups in total. The van der Waals surface area contributed by atoms with Gasteiger partial charge in [0, 0.05) is 58.7 Å². The number of hydrogen-bond acceptors (Lipinski definition) is 8. The van der Waals surface area contributed by atoms with Crippen LogP contribution in [0.2, 0.25) is 0 Å². The molecule has 2 amide bonds. The molecule has 3 aliphatic rings. The zero-order valence-electron chi connectivity index (χ0n) is 27.2. The van der Waals surface area contributed by atoms with E-state index in [1.807, 2.05) is 23.8 Å². The molecular formula is C33H52N6O6. The van der Waals surface area contributed by atoms with E-state index in [0.717, 1.165) is 49.3 Å². The lowest BCUT2D eigenvalue weighted by atomic mass is 9.88. The molecule has 250 valence electrons. The maximum Gasteiger partial charge on any atom is 0.329 e. The second-order valence-corrected chi connectivity index (χ2v) is 11.9. The topological polar surface area (TPSA) is 149 Å². The highest BCUT2D eigenvalue weighted by Crippen LogP contribution is 2.34. The Morgan fingerprint density at radius 3 is 2.53 bits per heavy atom. The summed E-state index contributed by atoms with van der Waals surface area (Å²) in [5, 5.41) is 2.64. The number of aldehydes is 1. The molecule has 3 atom stereocenters. The van der Waals surface area contributed by atoms with Gasteiger partial charge in [-0.15, -0.1) is 0 Å². The number of aromatic nitrogens is 2. The number of rotatable bonds is 12. The maximum absolute atomic E-state index is 13.4. The van der Waals surface area contributed by atoms with Crippen molar-refractivity contribution < 1.29 is 23.9 Å². The van der Waals surface area contributed by atoms with Gasteiger partial charge in [-0.3, -0.25) is 23.6 Å². The molecule has 3 aliphatic heterocycles. The lowest BCUT2D eigenvalue weighted by Crippen LogP contribution is -2.38. The van der Waals surface area contributed by atoms with Crippen molar-refractivity contribution in [3.63, 3.8) is 0 Å². The number of imidazole rings is 1. The monoisotopic (exact) mass is 628 g/mol. The Balaban J connectivity index is 0.00000133. The molecule has 3 fully saturated rings. The number of nitrogens with two attached hydrogens (primary N) is 1. The van der Waals surface area contributed by atoms with Crippen LogP contribution in [0.5, 0.6) is 0 Å². The van der Waals surface area contributed by atoms with Crippen molar-refractivity contribution in [1.29, 1.82) is 0 Å². The first-order chi connectivity index (χ1) is 21.9. The second kappa shape index (κ2) is 18.0. The molecule has 3 saturated heterocycles. The molecule has 0 spiro atoms. The number of piperidine rings is 1. The molecule has 12 nitrogen and oxygen atoms in total. The first kappa shape index (κ1) is 36.1. The van der Waals surface area contributed by atoms with Gasteiger partial charge in [0.25, 0.3) is 0 Å². The lowest BCUT2D eigenvalue weighted by Gasteiger charge is -2.32. The number of nitrogens with one attached hydrogen (secondary N) is 1. The van der Waals surface area contributed by atoms with Crippen molar-refractivity contribution in [3.8, 4) is 0 Å². The van der Waals surface area contributed by atoms with Crippen LogP contribution in [0.25, 0.3) is 11.0 Å². The normalized spacial score (nSPS) is 20.5. The fraction of sp³-hybridized carbons (Fsp3) is 0.667. The number of amides is 2. The van der Waals surface area contributed by atoms with E-state index in [2.05, 4.69) is 22.0 Å². The number of nitrogens with zero attached hydrogens (tertiary/aromatic N) is 4. The van der Waals surface area contributed by atoms with E-state index in [1.165, 1.54) is 43.8 Å². The van der Waals surface area contributed by atoms with Gasteiger partial charge in [0.15, 0.2) is 0 Å². The van der Waals surface area contributed by atoms with Crippen molar-refractivity contribution >= 4 is 35.9 Å². The summed E-state index contributed by atoms with van der Waals surface area (Å²) in [5.41, 5.74) is 6.82. The second-order valence-electron chi connectivity index (χ2n) is 11.9. The standard InChI is InChI=1S/C31H45N5O5.CH5N.CH2O/c1-32-30(39)27(10-5-19-37)36-26-9-3-8-25(29(26)33(2)31(36)40)22-14-17-34(18-15-22)28(38)11-6-20-41-21-24-13-12-23-7-4-16-35(23)24;2*1-2/h3,8-9,19,22-24,27H,4-7,10-18,20-21H2,1-2H3,(H,32,39);2H2,1H3;1H2. The van der Waals surface area contributed by atoms with Crippen LogP contribution in [0, 0.1) is 0 Å². The molecular weight excluding hydrogens is 576 g/mol. The molecule has 1 aromatic heterocycles. The van der Waals surface area contributed by atoms with Crippen molar-refractivity contribution in [1.82, 2.24) is 24.3 Å². The summed E-state index contributed by atoms with van der Waals surface area (Å²) < 4.78 is 9.12. The van der Waals surface area contributed by atoms with Gasteiger partial charge in [0.2, 0.25) is 11.8 Å². The van der Waals surface area contributed by atoms with Crippen LogP contribution in [0.3, 0.4) is 0 Å². The van der Waals surface area contributed by atoms with Gasteiger partial charge in [-0.2, -0.15) is 0 Å². The van der Waals surface area contributed by atoms with Crippen LogP contribution in [0.15, 0.2) is 23.0 Å². The largest absolute Gasteiger partial charge is 0.380 e. The SMILES string of the molecule is C=O.CN.CNC(=O)C(CCC=O)n1c(=O)n(C)c2c(C3CCN(C(=O)CCCOCC4CCC5CCCN54)CC3)cccc21. The van der Waals surface area contributed by atoms with E-state index < -0.39 is 6.04 Å². The molecule has 4 heterocycles. The molecule has 12 heteroatoms. The van der Waals surface area contributed by atoms with Gasteiger partial charge in [0.05, 0.1) is 17.6 Å². The minimum atomic E-state index is -0.754. The highest BCUT2D eigenvalue weighted by atomic mass is 16.5. The summed E-state index contributed by atoms with van der Waals surface area (Å²) in [6.07, 6.45) is 9.32. The van der Waals surface area contributed by atoms with Crippen LogP contribution in [0.1, 0.15) is 81.7 Å². The van der Waals surface area contributed by atoms with E-state index >= 15 is 0 Å². The highest BCUT2D eigenvalue weighted by molar-refractivity contribution is 5.86. The minimum absolute atomic E-state index is 0.188. The van der Waals surface area contributed by atoms with Gasteiger partial charge in [0.1, 0.15) is 19.1 Å². The molecule has 5 rings (SSSR count). The number of fused-ring (bicyclic) bond motifs is 2. The predicted octanol–water partition coefficient (Wildman–Crippen LogP) is 2.13. The average Bonchev–Trinajstić information content (AvgIpc) is 3.78. The van der Waals surface area contributed by atoms with Crippen molar-refractivity contribution in [3.05, 3.63) is 34.2 Å². The van der Waals surface area contributed by atoms with E-state index in [1.54, 1.807) is 18.7 Å². The van der Waals surface area contributed by atoms with Crippen LogP contribution in [-0.2, 0) is 31.0 Å². The zero-order chi connectivity index (χ0) is 32.9. The fourth-order valence-electron chi connectivity index (χ4n) is 7.39. The number of likely N-dealkylation sites (N-methyl/N-ethyl adjacent to an activating group) is 1. The third kappa shape index (κ3) is 8.28. The van der Waals surface area contributed by atoms with Crippen molar-refractivity contribution in [2.24, 2.45) is 12.8 Å². The van der Waals surface area contributed by atoms with Crippen LogP contribution >= 0.6 is 0 Å². The first-order valence-corrected chi connectivity index (χ1v) is 16.3. The fourth-order valence-corrected chi connectivity index (χ4v) is 7.39. The van der Waals surface area contributed by atoms with Crippen LogP contribution in [0.4, 0.5) is 0 Å². The number of aryl methyl sites for hydroxylation is 1. The summed E-state index contributed by atoms with van der Waals surface area (Å²) in [5.74, 6) is 0.109. The number of benzene rings is 1. The molecule has 0 bridgehead atoms. The molecule has 0 saturated carbocycles. The zero-order valence-corrected chi connectivity index (χ0v) is 27.2. The Morgan fingerprint density at radius 2 is 1.84 bits per heavy atom. The molecule has 0 aliphatic carbocycles. The number of ether oxygens (including phenoxy) is 1. The Morgan fingerprint density at radius 1 is 1.11 bits per heavy atom. The first-order valence-electron chi connectivity index (χ1n) is 16.3. The average molecular weight is 629 g/mol. The van der Waals surface area contributed by atoms with Gasteiger partial charge in [-0.05, 0) is 82.5 Å². The smallest absolute Gasteiger partial charge is 0.329 e. The van der Waals surface area contributed by atoms with Gasteiger partial charge < -0.3 is 30.3 Å².